The molecule has 27 heavy (non-hydrogen) atoms. The fourth-order valence-corrected chi connectivity index (χ4v) is 18.7. The number of sulfone groups is 1. The van der Waals surface area contributed by atoms with E-state index in [-0.39, 0.29) is 9.79 Å². The fourth-order valence-electron chi connectivity index (χ4n) is 3.23. The van der Waals surface area contributed by atoms with Gasteiger partial charge in [-0.2, -0.15) is 0 Å². The number of aryl methyl sites for hydroxylation is 1. The Kier molecular flexibility index (Phi) is 4.43. The molecular formula is C20H14BiF3O2S. The molecule has 0 radical (unpaired) electrons. The van der Waals surface area contributed by atoms with Gasteiger partial charge in [-0.1, -0.05) is 0 Å². The molecule has 7 heteroatoms. The topological polar surface area (TPSA) is 34.1 Å². The van der Waals surface area contributed by atoms with Gasteiger partial charge in [-0.3, -0.25) is 0 Å². The number of hydrogen-bond donors (Lipinski definition) is 0. The number of rotatable bonds is 1. The Morgan fingerprint density at radius 1 is 0.815 bits per heavy atom. The summed E-state index contributed by atoms with van der Waals surface area (Å²) in [6.45, 7) is 1.86. The first-order valence-electron chi connectivity index (χ1n) is 8.12. The SMILES string of the molecule is Cc1ccc2[c](c1)[Bi]([c]1ccccc1)[c]1cc(C(F)(F)F)ccc1S2(=O)=O. The minimum absolute atomic E-state index is 0.0217. The monoisotopic (exact) mass is 584 g/mol. The summed E-state index contributed by atoms with van der Waals surface area (Å²) in [4.78, 5) is 0.260. The predicted octanol–water partition coefficient (Wildman–Crippen LogP) is 2.68. The van der Waals surface area contributed by atoms with E-state index in [1.54, 1.807) is 12.1 Å². The van der Waals surface area contributed by atoms with Gasteiger partial charge in [0.1, 0.15) is 0 Å². The molecule has 0 saturated carbocycles. The standard InChI is InChI=1S/C14H9F3O2S.C6H5.Bi/c1-10-2-6-12(7-3-10)20(18,19)13-8-4-11(5-9-13)14(15,16)17;1-2-4-6-5-3-1;/h2-6,8H,1H3;1-5H;. The van der Waals surface area contributed by atoms with E-state index in [1.165, 1.54) is 0 Å². The fraction of sp³-hybridized carbons (Fsp3) is 0.100. The van der Waals surface area contributed by atoms with Crippen LogP contribution in [0, 0.1) is 6.92 Å². The van der Waals surface area contributed by atoms with Crippen molar-refractivity contribution in [3.05, 3.63) is 77.9 Å². The van der Waals surface area contributed by atoms with Crippen LogP contribution in [0.15, 0.2) is 76.5 Å². The summed E-state index contributed by atoms with van der Waals surface area (Å²) in [5.74, 6) is 0. The van der Waals surface area contributed by atoms with Gasteiger partial charge < -0.3 is 0 Å². The van der Waals surface area contributed by atoms with Gasteiger partial charge in [0.15, 0.2) is 0 Å². The maximum atomic E-state index is 13.3. The van der Waals surface area contributed by atoms with Gasteiger partial charge in [-0.25, -0.2) is 0 Å². The van der Waals surface area contributed by atoms with E-state index in [2.05, 4.69) is 0 Å². The number of alkyl halides is 3. The Bertz CT molecular complexity index is 1140. The first kappa shape index (κ1) is 18.6. The van der Waals surface area contributed by atoms with E-state index >= 15 is 0 Å². The molecule has 0 aromatic heterocycles. The minimum atomic E-state index is -4.52. The van der Waals surface area contributed by atoms with Crippen molar-refractivity contribution >= 4 is 41.4 Å². The molecule has 0 atom stereocenters. The van der Waals surface area contributed by atoms with Crippen LogP contribution in [-0.2, 0) is 16.0 Å². The molecule has 0 fully saturated rings. The first-order valence-corrected chi connectivity index (χ1v) is 14.8. The molecule has 1 heterocycles. The summed E-state index contributed by atoms with van der Waals surface area (Å²) < 4.78 is 68.2. The van der Waals surface area contributed by atoms with Gasteiger partial charge >= 0.3 is 164 Å². The normalized spacial score (nSPS) is 15.9. The van der Waals surface area contributed by atoms with Crippen molar-refractivity contribution < 1.29 is 21.6 Å². The quantitative estimate of drug-likeness (QED) is 0.323. The van der Waals surface area contributed by atoms with Crippen molar-refractivity contribution in [2.24, 2.45) is 0 Å². The van der Waals surface area contributed by atoms with E-state index in [1.807, 2.05) is 43.3 Å². The van der Waals surface area contributed by atoms with Crippen molar-refractivity contribution in [1.29, 1.82) is 0 Å². The molecule has 0 spiro atoms. The molecule has 0 aliphatic carbocycles. The summed E-state index contributed by atoms with van der Waals surface area (Å²) in [6, 6.07) is 17.5. The van der Waals surface area contributed by atoms with Crippen LogP contribution in [0.3, 0.4) is 0 Å². The van der Waals surface area contributed by atoms with Crippen molar-refractivity contribution in [3.8, 4) is 0 Å². The number of benzene rings is 3. The molecule has 138 valence electrons. The van der Waals surface area contributed by atoms with Crippen LogP contribution >= 0.6 is 0 Å². The van der Waals surface area contributed by atoms with Crippen LogP contribution in [0.2, 0.25) is 0 Å². The third-order valence-electron chi connectivity index (χ3n) is 4.48. The van der Waals surface area contributed by atoms with Gasteiger partial charge in [0.25, 0.3) is 0 Å². The van der Waals surface area contributed by atoms with Crippen molar-refractivity contribution in [2.75, 3.05) is 0 Å². The predicted molar refractivity (Wildman–Crippen MR) is 99.2 cm³/mol. The molecule has 2 nitrogen and oxygen atoms in total. The van der Waals surface area contributed by atoms with Crippen LogP contribution in [0.1, 0.15) is 11.1 Å². The van der Waals surface area contributed by atoms with Crippen LogP contribution in [0.5, 0.6) is 0 Å². The van der Waals surface area contributed by atoms with Crippen LogP contribution < -0.4 is 9.81 Å². The summed E-state index contributed by atoms with van der Waals surface area (Å²) in [6.07, 6.45) is -4.52. The average Bonchev–Trinajstić information content (AvgIpc) is 2.61. The van der Waals surface area contributed by atoms with Crippen LogP contribution in [0.25, 0.3) is 0 Å². The van der Waals surface area contributed by atoms with Crippen molar-refractivity contribution in [2.45, 2.75) is 22.9 Å². The van der Waals surface area contributed by atoms with Gasteiger partial charge in [0.05, 0.1) is 0 Å². The number of halogens is 3. The van der Waals surface area contributed by atoms with E-state index < -0.39 is 43.3 Å². The van der Waals surface area contributed by atoms with Crippen LogP contribution in [0.4, 0.5) is 13.2 Å². The Morgan fingerprint density at radius 2 is 1.41 bits per heavy atom. The van der Waals surface area contributed by atoms with Gasteiger partial charge in [0.2, 0.25) is 0 Å². The summed E-state index contributed by atoms with van der Waals surface area (Å²) in [5, 5.41) is 0. The molecule has 3 aromatic carbocycles. The third kappa shape index (κ3) is 3.11. The van der Waals surface area contributed by atoms with E-state index in [4.69, 9.17) is 0 Å². The number of hydrogen-bond acceptors (Lipinski definition) is 2. The zero-order valence-electron chi connectivity index (χ0n) is 14.2. The second-order valence-corrected chi connectivity index (χ2v) is 16.6. The maximum absolute atomic E-state index is 13.3. The van der Waals surface area contributed by atoms with Crippen molar-refractivity contribution in [3.63, 3.8) is 0 Å². The Morgan fingerprint density at radius 3 is 2.04 bits per heavy atom. The molecule has 3 aromatic rings. The van der Waals surface area contributed by atoms with E-state index in [0.29, 0.717) is 6.54 Å². The molecule has 0 amide bonds. The molecule has 1 aliphatic heterocycles. The Balaban J connectivity index is 2.09. The zero-order chi connectivity index (χ0) is 19.4. The van der Waals surface area contributed by atoms with E-state index in [0.717, 1.165) is 27.0 Å². The van der Waals surface area contributed by atoms with E-state index in [9.17, 15) is 21.6 Å². The number of fused-ring (bicyclic) bond motifs is 2. The second kappa shape index (κ2) is 6.42. The average molecular weight is 584 g/mol. The van der Waals surface area contributed by atoms with Crippen LogP contribution in [-0.4, -0.2) is 30.2 Å². The molecule has 0 N–H and O–H groups in total. The summed E-state index contributed by atoms with van der Waals surface area (Å²) in [5.41, 5.74) is 0.0961. The van der Waals surface area contributed by atoms with Crippen molar-refractivity contribution in [1.82, 2.24) is 0 Å². The molecule has 1 aliphatic rings. The molecule has 4 rings (SSSR count). The van der Waals surface area contributed by atoms with Gasteiger partial charge in [-0.15, -0.1) is 0 Å². The molecular weight excluding hydrogens is 570 g/mol. The third-order valence-corrected chi connectivity index (χ3v) is 17.4. The molecule has 0 bridgehead atoms. The Hall–Kier alpha value is -1.72. The molecule has 0 saturated heterocycles. The molecule has 0 unspecified atom stereocenters. The zero-order valence-corrected chi connectivity index (χ0v) is 18.5. The second-order valence-electron chi connectivity index (χ2n) is 6.33. The Labute approximate surface area is 163 Å². The summed E-state index contributed by atoms with van der Waals surface area (Å²) >= 11 is -3.20. The van der Waals surface area contributed by atoms with Gasteiger partial charge in [0, 0.05) is 0 Å². The summed E-state index contributed by atoms with van der Waals surface area (Å²) in [7, 11) is -3.84. The van der Waals surface area contributed by atoms with Gasteiger partial charge in [-0.05, 0) is 0 Å². The first-order chi connectivity index (χ1) is 12.7.